The lowest BCUT2D eigenvalue weighted by atomic mass is 10.1. The first-order valence-electron chi connectivity index (χ1n) is 5.75. The molecule has 1 fully saturated rings. The van der Waals surface area contributed by atoms with E-state index in [4.69, 9.17) is 15.7 Å². The van der Waals surface area contributed by atoms with Gasteiger partial charge in [0.15, 0.2) is 5.69 Å². The highest BCUT2D eigenvalue weighted by Crippen LogP contribution is 2.19. The fraction of sp³-hybridized carbons (Fsp3) is 0.500. The largest absolute Gasteiger partial charge is 0.396 e. The van der Waals surface area contributed by atoms with Crippen LogP contribution in [-0.4, -0.2) is 23.7 Å². The second kappa shape index (κ2) is 5.02. The summed E-state index contributed by atoms with van der Waals surface area (Å²) in [5, 5.41) is 12.1. The molecule has 1 aromatic rings. The number of ether oxygens (including phenoxy) is 1. The molecule has 0 spiro atoms. The average Bonchev–Trinajstić information content (AvgIpc) is 2.85. The van der Waals surface area contributed by atoms with E-state index in [9.17, 15) is 0 Å². The third-order valence-electron chi connectivity index (χ3n) is 2.93. The lowest BCUT2D eigenvalue weighted by Crippen LogP contribution is -2.30. The molecule has 0 amide bonds. The van der Waals surface area contributed by atoms with Gasteiger partial charge in [-0.25, -0.2) is 4.98 Å². The smallest absolute Gasteiger partial charge is 0.165 e. The highest BCUT2D eigenvalue weighted by molar-refractivity contribution is 5.54. The van der Waals surface area contributed by atoms with E-state index in [2.05, 4.69) is 17.2 Å². The summed E-state index contributed by atoms with van der Waals surface area (Å²) < 4.78 is 5.59. The molecular weight excluding hydrogens is 216 g/mol. The quantitative estimate of drug-likeness (QED) is 0.825. The first kappa shape index (κ1) is 11.7. The maximum Gasteiger partial charge on any atom is 0.165 e. The van der Waals surface area contributed by atoms with Crippen molar-refractivity contribution < 1.29 is 4.74 Å². The van der Waals surface area contributed by atoms with Gasteiger partial charge in [-0.15, -0.1) is 0 Å². The van der Waals surface area contributed by atoms with Crippen molar-refractivity contribution in [3.63, 3.8) is 0 Å². The SMILES string of the molecule is CC(Nc1ccc(N)c(C#N)n1)C1CCCO1. The molecule has 2 heterocycles. The molecule has 0 bridgehead atoms. The van der Waals surface area contributed by atoms with Crippen LogP contribution in [0.2, 0.25) is 0 Å². The highest BCUT2D eigenvalue weighted by Gasteiger charge is 2.22. The Morgan fingerprint density at radius 2 is 2.47 bits per heavy atom. The Morgan fingerprint density at radius 1 is 1.65 bits per heavy atom. The van der Waals surface area contributed by atoms with E-state index < -0.39 is 0 Å². The number of aromatic nitrogens is 1. The second-order valence-electron chi connectivity index (χ2n) is 4.23. The summed E-state index contributed by atoms with van der Waals surface area (Å²) in [5.74, 6) is 0.666. The normalized spacial score (nSPS) is 20.8. The molecule has 0 radical (unpaired) electrons. The number of nitrogen functional groups attached to an aromatic ring is 1. The molecule has 2 atom stereocenters. The van der Waals surface area contributed by atoms with E-state index in [-0.39, 0.29) is 17.8 Å². The molecule has 17 heavy (non-hydrogen) atoms. The number of nitrogens with one attached hydrogen (secondary N) is 1. The van der Waals surface area contributed by atoms with E-state index in [1.54, 1.807) is 12.1 Å². The summed E-state index contributed by atoms with van der Waals surface area (Å²) in [6.45, 7) is 2.88. The first-order valence-corrected chi connectivity index (χ1v) is 5.75. The van der Waals surface area contributed by atoms with Gasteiger partial charge in [0.05, 0.1) is 17.8 Å². The van der Waals surface area contributed by atoms with Crippen LogP contribution in [0.4, 0.5) is 11.5 Å². The molecule has 1 saturated heterocycles. The number of pyridine rings is 1. The number of nitrogens with zero attached hydrogens (tertiary/aromatic N) is 2. The van der Waals surface area contributed by atoms with Crippen LogP contribution >= 0.6 is 0 Å². The zero-order chi connectivity index (χ0) is 12.3. The topological polar surface area (TPSA) is 84.0 Å². The molecule has 1 aliphatic heterocycles. The molecular formula is C12H16N4O. The average molecular weight is 232 g/mol. The molecule has 1 aromatic heterocycles. The zero-order valence-corrected chi connectivity index (χ0v) is 9.81. The van der Waals surface area contributed by atoms with Crippen LogP contribution in [0.3, 0.4) is 0 Å². The van der Waals surface area contributed by atoms with Crippen molar-refractivity contribution >= 4 is 11.5 Å². The summed E-state index contributed by atoms with van der Waals surface area (Å²) in [6.07, 6.45) is 2.39. The minimum atomic E-state index is 0.181. The monoisotopic (exact) mass is 232 g/mol. The Labute approximate surface area is 101 Å². The molecule has 2 rings (SSSR count). The lowest BCUT2D eigenvalue weighted by Gasteiger charge is -2.20. The Bertz CT molecular complexity index is 435. The van der Waals surface area contributed by atoms with Gasteiger partial charge in [-0.3, -0.25) is 0 Å². The predicted octanol–water partition coefficient (Wildman–Crippen LogP) is 1.51. The van der Waals surface area contributed by atoms with Crippen molar-refractivity contribution in [1.29, 1.82) is 5.26 Å². The van der Waals surface area contributed by atoms with Crippen molar-refractivity contribution in [3.05, 3.63) is 17.8 Å². The number of rotatable bonds is 3. The summed E-state index contributed by atoms with van der Waals surface area (Å²) in [7, 11) is 0. The van der Waals surface area contributed by atoms with Gasteiger partial charge in [0.1, 0.15) is 11.9 Å². The summed E-state index contributed by atoms with van der Waals surface area (Å²) in [6, 6.07) is 5.62. The highest BCUT2D eigenvalue weighted by atomic mass is 16.5. The third-order valence-corrected chi connectivity index (χ3v) is 2.93. The van der Waals surface area contributed by atoms with E-state index in [1.807, 2.05) is 6.07 Å². The zero-order valence-electron chi connectivity index (χ0n) is 9.81. The Hall–Kier alpha value is -1.80. The number of hydrogen-bond acceptors (Lipinski definition) is 5. The van der Waals surface area contributed by atoms with Crippen molar-refractivity contribution in [2.75, 3.05) is 17.7 Å². The Morgan fingerprint density at radius 3 is 3.12 bits per heavy atom. The molecule has 0 aromatic carbocycles. The van der Waals surface area contributed by atoms with Crippen LogP contribution in [0.1, 0.15) is 25.5 Å². The molecule has 5 nitrogen and oxygen atoms in total. The van der Waals surface area contributed by atoms with Crippen LogP contribution in [0.25, 0.3) is 0 Å². The van der Waals surface area contributed by atoms with E-state index in [0.29, 0.717) is 11.5 Å². The Balaban J connectivity index is 2.05. The summed E-state index contributed by atoms with van der Waals surface area (Å²) in [4.78, 5) is 4.15. The minimum absolute atomic E-state index is 0.181. The van der Waals surface area contributed by atoms with Crippen LogP contribution < -0.4 is 11.1 Å². The maximum absolute atomic E-state index is 8.84. The Kier molecular flexibility index (Phi) is 3.45. The lowest BCUT2D eigenvalue weighted by molar-refractivity contribution is 0.0995. The van der Waals surface area contributed by atoms with Gasteiger partial charge in [0.25, 0.3) is 0 Å². The second-order valence-corrected chi connectivity index (χ2v) is 4.23. The third kappa shape index (κ3) is 2.66. The van der Waals surface area contributed by atoms with E-state index >= 15 is 0 Å². The van der Waals surface area contributed by atoms with E-state index in [0.717, 1.165) is 19.4 Å². The number of nitriles is 1. The van der Waals surface area contributed by atoms with Gasteiger partial charge >= 0.3 is 0 Å². The number of anilines is 2. The molecule has 90 valence electrons. The fourth-order valence-corrected chi connectivity index (χ4v) is 1.96. The summed E-state index contributed by atoms with van der Waals surface area (Å²) in [5.41, 5.74) is 6.28. The van der Waals surface area contributed by atoms with Gasteiger partial charge in [-0.05, 0) is 31.9 Å². The van der Waals surface area contributed by atoms with Gasteiger partial charge in [0.2, 0.25) is 0 Å². The van der Waals surface area contributed by atoms with Crippen molar-refractivity contribution in [2.24, 2.45) is 0 Å². The van der Waals surface area contributed by atoms with Crippen molar-refractivity contribution in [3.8, 4) is 6.07 Å². The van der Waals surface area contributed by atoms with Gasteiger partial charge in [0, 0.05) is 6.61 Å². The predicted molar refractivity (Wildman–Crippen MR) is 65.4 cm³/mol. The molecule has 2 unspecified atom stereocenters. The molecule has 1 aliphatic rings. The molecule has 0 aliphatic carbocycles. The fourth-order valence-electron chi connectivity index (χ4n) is 1.96. The van der Waals surface area contributed by atoms with Crippen LogP contribution in [0, 0.1) is 11.3 Å². The van der Waals surface area contributed by atoms with Crippen LogP contribution in [0.15, 0.2) is 12.1 Å². The van der Waals surface area contributed by atoms with Gasteiger partial charge < -0.3 is 15.8 Å². The molecule has 5 heteroatoms. The van der Waals surface area contributed by atoms with Crippen LogP contribution in [-0.2, 0) is 4.74 Å². The standard InChI is InChI=1S/C12H16N4O/c1-8(11-3-2-6-17-11)15-12-5-4-9(14)10(7-13)16-12/h4-5,8,11H,2-3,6,14H2,1H3,(H,15,16). The van der Waals surface area contributed by atoms with Crippen LogP contribution in [0.5, 0.6) is 0 Å². The maximum atomic E-state index is 8.84. The van der Waals surface area contributed by atoms with Crippen molar-refractivity contribution in [2.45, 2.75) is 31.9 Å². The number of hydrogen-bond donors (Lipinski definition) is 2. The minimum Gasteiger partial charge on any atom is -0.396 e. The number of nitrogens with two attached hydrogens (primary N) is 1. The van der Waals surface area contributed by atoms with Crippen molar-refractivity contribution in [1.82, 2.24) is 4.98 Å². The summed E-state index contributed by atoms with van der Waals surface area (Å²) >= 11 is 0. The van der Waals surface area contributed by atoms with Gasteiger partial charge in [-0.1, -0.05) is 0 Å². The first-order chi connectivity index (χ1) is 8.20. The molecule has 3 N–H and O–H groups in total. The molecule has 0 saturated carbocycles. The van der Waals surface area contributed by atoms with E-state index in [1.165, 1.54) is 0 Å². The van der Waals surface area contributed by atoms with Gasteiger partial charge in [-0.2, -0.15) is 5.26 Å².